The topological polar surface area (TPSA) is 62.1 Å². The molecule has 4 heteroatoms. The molecule has 0 aromatic heterocycles. The molecule has 0 heterocycles. The summed E-state index contributed by atoms with van der Waals surface area (Å²) < 4.78 is 6.03. The summed E-state index contributed by atoms with van der Waals surface area (Å²) in [6.07, 6.45) is 1.55. The van der Waals surface area contributed by atoms with Crippen molar-refractivity contribution in [2.45, 2.75) is 6.61 Å². The van der Waals surface area contributed by atoms with Gasteiger partial charge in [0.2, 0.25) is 0 Å². The molecule has 0 radical (unpaired) electrons. The van der Waals surface area contributed by atoms with E-state index >= 15 is 0 Å². The third-order valence-electron chi connectivity index (χ3n) is 4.82. The van der Waals surface area contributed by atoms with Gasteiger partial charge in [-0.2, -0.15) is 5.26 Å². The van der Waals surface area contributed by atoms with E-state index in [1.54, 1.807) is 18.2 Å². The van der Waals surface area contributed by atoms with E-state index in [-0.39, 0.29) is 5.57 Å². The Bertz CT molecular complexity index is 1290. The number of hydrogen-bond acceptors (Lipinski definition) is 3. The first kappa shape index (κ1) is 19.9. The molecule has 4 aromatic rings. The van der Waals surface area contributed by atoms with Gasteiger partial charge in [-0.3, -0.25) is 4.79 Å². The molecule has 4 nitrogen and oxygen atoms in total. The van der Waals surface area contributed by atoms with Gasteiger partial charge in [0.1, 0.15) is 24.0 Å². The highest BCUT2D eigenvalue weighted by Gasteiger charge is 2.11. The van der Waals surface area contributed by atoms with E-state index in [0.29, 0.717) is 23.6 Å². The van der Waals surface area contributed by atoms with Crippen LogP contribution in [0.1, 0.15) is 11.1 Å². The van der Waals surface area contributed by atoms with Crippen molar-refractivity contribution in [3.05, 3.63) is 114 Å². The fraction of sp³-hybridized carbons (Fsp3) is 0.0370. The minimum Gasteiger partial charge on any atom is -0.488 e. The Kier molecular flexibility index (Phi) is 6.06. The van der Waals surface area contributed by atoms with Crippen molar-refractivity contribution in [3.8, 4) is 11.8 Å². The smallest absolute Gasteiger partial charge is 0.266 e. The summed E-state index contributed by atoms with van der Waals surface area (Å²) in [6.45, 7) is 0.383. The van der Waals surface area contributed by atoms with E-state index in [0.717, 1.165) is 10.9 Å². The number of carbonyl (C=O) groups excluding carboxylic acids is 1. The first-order valence-electron chi connectivity index (χ1n) is 9.90. The first-order valence-corrected chi connectivity index (χ1v) is 9.90. The molecule has 0 saturated heterocycles. The maximum Gasteiger partial charge on any atom is 0.266 e. The van der Waals surface area contributed by atoms with Gasteiger partial charge in [-0.15, -0.1) is 0 Å². The molecule has 1 amide bonds. The molecule has 0 unspecified atom stereocenters. The van der Waals surface area contributed by atoms with Crippen LogP contribution in [-0.2, 0) is 11.4 Å². The van der Waals surface area contributed by atoms with Gasteiger partial charge in [-0.25, -0.2) is 0 Å². The second-order valence-electron chi connectivity index (χ2n) is 7.00. The van der Waals surface area contributed by atoms with E-state index in [1.807, 2.05) is 66.7 Å². The van der Waals surface area contributed by atoms with Crippen molar-refractivity contribution >= 4 is 28.4 Å². The molecule has 0 atom stereocenters. The van der Waals surface area contributed by atoms with E-state index in [2.05, 4.69) is 29.6 Å². The lowest BCUT2D eigenvalue weighted by Crippen LogP contribution is -2.13. The molecule has 150 valence electrons. The second kappa shape index (κ2) is 9.43. The summed E-state index contributed by atoms with van der Waals surface area (Å²) in [5, 5.41) is 14.6. The molecule has 4 rings (SSSR count). The summed E-state index contributed by atoms with van der Waals surface area (Å²) in [5.41, 5.74) is 2.35. The Labute approximate surface area is 181 Å². The predicted molar refractivity (Wildman–Crippen MR) is 123 cm³/mol. The number of nitrogens with one attached hydrogen (secondary N) is 1. The third-order valence-corrected chi connectivity index (χ3v) is 4.82. The van der Waals surface area contributed by atoms with Gasteiger partial charge in [0.05, 0.1) is 0 Å². The van der Waals surface area contributed by atoms with Crippen molar-refractivity contribution < 1.29 is 9.53 Å². The minimum atomic E-state index is -0.460. The summed E-state index contributed by atoms with van der Waals surface area (Å²) >= 11 is 0. The molecule has 0 aliphatic rings. The van der Waals surface area contributed by atoms with Crippen LogP contribution in [0.2, 0.25) is 0 Å². The van der Waals surface area contributed by atoms with Crippen LogP contribution >= 0.6 is 0 Å². The highest BCUT2D eigenvalue weighted by Crippen LogP contribution is 2.24. The number of para-hydroxylation sites is 2. The molecular formula is C27H20N2O2. The Hall–Kier alpha value is -4.36. The molecule has 0 aliphatic heterocycles. The Morgan fingerprint density at radius 1 is 0.871 bits per heavy atom. The molecule has 0 aliphatic carbocycles. The Morgan fingerprint density at radius 3 is 2.39 bits per heavy atom. The minimum absolute atomic E-state index is 0.00519. The number of nitrogens with zero attached hydrogens (tertiary/aromatic N) is 1. The van der Waals surface area contributed by atoms with Crippen molar-refractivity contribution in [2.75, 3.05) is 5.32 Å². The van der Waals surface area contributed by atoms with Gasteiger partial charge in [-0.05, 0) is 46.7 Å². The molecule has 0 fully saturated rings. The highest BCUT2D eigenvalue weighted by molar-refractivity contribution is 6.09. The zero-order valence-corrected chi connectivity index (χ0v) is 16.8. The lowest BCUT2D eigenvalue weighted by atomic mass is 10.1. The number of carbonyl (C=O) groups is 1. The van der Waals surface area contributed by atoms with Gasteiger partial charge < -0.3 is 10.1 Å². The van der Waals surface area contributed by atoms with Gasteiger partial charge in [0, 0.05) is 11.3 Å². The van der Waals surface area contributed by atoms with Gasteiger partial charge in [-0.1, -0.05) is 72.8 Å². The average Bonchev–Trinajstić information content (AvgIpc) is 2.82. The van der Waals surface area contributed by atoms with E-state index in [1.165, 1.54) is 5.39 Å². The van der Waals surface area contributed by atoms with Crippen molar-refractivity contribution in [1.82, 2.24) is 0 Å². The SMILES string of the molecule is N#C/C(=C\c1ccccc1OCc1ccc2ccccc2c1)C(=O)Nc1ccccc1. The molecule has 0 saturated carbocycles. The number of fused-ring (bicyclic) bond motifs is 1. The van der Waals surface area contributed by atoms with Crippen molar-refractivity contribution in [1.29, 1.82) is 5.26 Å². The molecule has 0 bridgehead atoms. The first-order chi connectivity index (χ1) is 15.2. The van der Waals surface area contributed by atoms with Crippen LogP contribution in [0.4, 0.5) is 5.69 Å². The fourth-order valence-corrected chi connectivity index (χ4v) is 3.24. The maximum absolute atomic E-state index is 12.5. The summed E-state index contributed by atoms with van der Waals surface area (Å²) in [6, 6.07) is 32.8. The second-order valence-corrected chi connectivity index (χ2v) is 7.00. The predicted octanol–water partition coefficient (Wildman–Crippen LogP) is 5.96. The van der Waals surface area contributed by atoms with Crippen LogP contribution in [0, 0.1) is 11.3 Å². The van der Waals surface area contributed by atoms with Crippen LogP contribution in [0.5, 0.6) is 5.75 Å². The fourth-order valence-electron chi connectivity index (χ4n) is 3.24. The standard InChI is InChI=1S/C27H20N2O2/c28-18-24(27(30)29-25-11-2-1-3-12-25)17-23-10-6-7-13-26(23)31-19-20-14-15-21-8-4-5-9-22(21)16-20/h1-17H,19H2,(H,29,30)/b24-17+. The van der Waals surface area contributed by atoms with Crippen LogP contribution < -0.4 is 10.1 Å². The number of ether oxygens (including phenoxy) is 1. The van der Waals surface area contributed by atoms with Crippen LogP contribution in [0.15, 0.2) is 103 Å². The largest absolute Gasteiger partial charge is 0.488 e. The molecule has 4 aromatic carbocycles. The number of benzene rings is 4. The number of nitriles is 1. The third kappa shape index (κ3) is 4.98. The zero-order chi connectivity index (χ0) is 21.5. The average molecular weight is 404 g/mol. The van der Waals surface area contributed by atoms with Crippen molar-refractivity contribution in [2.24, 2.45) is 0 Å². The Balaban J connectivity index is 1.52. The Morgan fingerprint density at radius 2 is 1.58 bits per heavy atom. The number of hydrogen-bond donors (Lipinski definition) is 1. The number of rotatable bonds is 6. The maximum atomic E-state index is 12.5. The lowest BCUT2D eigenvalue weighted by molar-refractivity contribution is -0.112. The van der Waals surface area contributed by atoms with Crippen LogP contribution in [0.25, 0.3) is 16.8 Å². The highest BCUT2D eigenvalue weighted by atomic mass is 16.5. The summed E-state index contributed by atoms with van der Waals surface area (Å²) in [4.78, 5) is 12.5. The van der Waals surface area contributed by atoms with Gasteiger partial charge in [0.25, 0.3) is 5.91 Å². The van der Waals surface area contributed by atoms with Gasteiger partial charge >= 0.3 is 0 Å². The molecular weight excluding hydrogens is 384 g/mol. The monoisotopic (exact) mass is 404 g/mol. The van der Waals surface area contributed by atoms with Gasteiger partial charge in [0.15, 0.2) is 0 Å². The van der Waals surface area contributed by atoms with E-state index in [9.17, 15) is 10.1 Å². The zero-order valence-electron chi connectivity index (χ0n) is 16.8. The lowest BCUT2D eigenvalue weighted by Gasteiger charge is -2.11. The van der Waals surface area contributed by atoms with E-state index < -0.39 is 5.91 Å². The quantitative estimate of drug-likeness (QED) is 0.318. The number of amides is 1. The van der Waals surface area contributed by atoms with Crippen LogP contribution in [-0.4, -0.2) is 5.91 Å². The molecule has 31 heavy (non-hydrogen) atoms. The molecule has 0 spiro atoms. The summed E-state index contributed by atoms with van der Waals surface area (Å²) in [7, 11) is 0. The number of anilines is 1. The van der Waals surface area contributed by atoms with E-state index in [4.69, 9.17) is 4.74 Å². The molecule has 1 N–H and O–H groups in total. The van der Waals surface area contributed by atoms with Crippen molar-refractivity contribution in [3.63, 3.8) is 0 Å². The normalized spacial score (nSPS) is 11.0. The summed E-state index contributed by atoms with van der Waals surface area (Å²) in [5.74, 6) is 0.147. The van der Waals surface area contributed by atoms with Crippen LogP contribution in [0.3, 0.4) is 0 Å².